The lowest BCUT2D eigenvalue weighted by Crippen LogP contribution is -2.39. The van der Waals surface area contributed by atoms with Gasteiger partial charge in [0.05, 0.1) is 0 Å². The van der Waals surface area contributed by atoms with Crippen LogP contribution in [0.4, 0.5) is 4.79 Å². The molecule has 4 rings (SSSR count). The Labute approximate surface area is 234 Å². The van der Waals surface area contributed by atoms with Crippen molar-refractivity contribution in [3.8, 4) is 5.75 Å². The molecule has 1 amide bonds. The van der Waals surface area contributed by atoms with Crippen molar-refractivity contribution in [2.75, 3.05) is 6.54 Å². The molecule has 0 unspecified atom stereocenters. The van der Waals surface area contributed by atoms with E-state index in [1.54, 1.807) is 25.7 Å². The highest BCUT2D eigenvalue weighted by Crippen LogP contribution is 2.24. The van der Waals surface area contributed by atoms with Crippen LogP contribution in [-0.4, -0.2) is 44.7 Å². The summed E-state index contributed by atoms with van der Waals surface area (Å²) >= 11 is 0. The van der Waals surface area contributed by atoms with E-state index < -0.39 is 22.7 Å². The molecule has 3 aromatic rings. The molecule has 1 N–H and O–H groups in total. The number of amides is 1. The van der Waals surface area contributed by atoms with Crippen LogP contribution in [0.15, 0.2) is 53.3 Å². The molecule has 1 aromatic heterocycles. The average molecular weight is 548 g/mol. The van der Waals surface area contributed by atoms with Gasteiger partial charge in [-0.05, 0) is 70.2 Å². The zero-order valence-electron chi connectivity index (χ0n) is 24.0. The number of carbonyl (C=O) groups is 2. The van der Waals surface area contributed by atoms with E-state index in [0.717, 1.165) is 22.3 Å². The highest BCUT2D eigenvalue weighted by Gasteiger charge is 2.27. The molecule has 0 aliphatic carbocycles. The van der Waals surface area contributed by atoms with Crippen LogP contribution in [0.3, 0.4) is 0 Å². The summed E-state index contributed by atoms with van der Waals surface area (Å²) in [7, 11) is 0. The SMILES string of the molecule is CC(C)(C)OC(=O)c1nc(Cc2ccc3c(c2)CCN(C(=O)OC(C)(C)C)C3)[nH]c(=O)c1OCc1ccccc1. The van der Waals surface area contributed by atoms with Gasteiger partial charge in [-0.3, -0.25) is 4.79 Å². The fraction of sp³-hybridized carbons (Fsp3) is 0.419. The highest BCUT2D eigenvalue weighted by atomic mass is 16.6. The lowest BCUT2D eigenvalue weighted by atomic mass is 9.96. The zero-order valence-corrected chi connectivity index (χ0v) is 24.0. The molecule has 0 fully saturated rings. The monoisotopic (exact) mass is 547 g/mol. The third-order valence-electron chi connectivity index (χ3n) is 6.05. The Bertz CT molecular complexity index is 1430. The number of ether oxygens (including phenoxy) is 3. The molecule has 40 heavy (non-hydrogen) atoms. The smallest absolute Gasteiger partial charge is 0.410 e. The molecule has 9 heteroatoms. The van der Waals surface area contributed by atoms with Crippen LogP contribution in [-0.2, 0) is 35.5 Å². The van der Waals surface area contributed by atoms with Crippen LogP contribution in [0.1, 0.15) is 80.1 Å². The van der Waals surface area contributed by atoms with Crippen LogP contribution in [0.5, 0.6) is 5.75 Å². The highest BCUT2D eigenvalue weighted by molar-refractivity contribution is 5.90. The van der Waals surface area contributed by atoms with Gasteiger partial charge in [-0.25, -0.2) is 14.6 Å². The maximum Gasteiger partial charge on any atom is 0.410 e. The number of fused-ring (bicyclic) bond motifs is 1. The maximum absolute atomic E-state index is 13.1. The van der Waals surface area contributed by atoms with E-state index in [1.165, 1.54) is 0 Å². The summed E-state index contributed by atoms with van der Waals surface area (Å²) in [6, 6.07) is 15.3. The Kier molecular flexibility index (Phi) is 8.32. The van der Waals surface area contributed by atoms with E-state index >= 15 is 0 Å². The molecule has 0 atom stereocenters. The van der Waals surface area contributed by atoms with E-state index in [-0.39, 0.29) is 24.1 Å². The Morgan fingerprint density at radius 2 is 1.62 bits per heavy atom. The van der Waals surface area contributed by atoms with Crippen molar-refractivity contribution in [2.45, 2.75) is 78.7 Å². The van der Waals surface area contributed by atoms with E-state index in [4.69, 9.17) is 14.2 Å². The van der Waals surface area contributed by atoms with E-state index in [0.29, 0.717) is 31.8 Å². The zero-order chi connectivity index (χ0) is 29.1. The molecule has 0 bridgehead atoms. The molecular weight excluding hydrogens is 510 g/mol. The lowest BCUT2D eigenvalue weighted by molar-refractivity contribution is 0.00565. The number of aromatic nitrogens is 2. The lowest BCUT2D eigenvalue weighted by Gasteiger charge is -2.31. The fourth-order valence-corrected chi connectivity index (χ4v) is 4.31. The van der Waals surface area contributed by atoms with Crippen molar-refractivity contribution < 1.29 is 23.8 Å². The predicted octanol–water partition coefficient (Wildman–Crippen LogP) is 5.19. The Morgan fingerprint density at radius 3 is 2.30 bits per heavy atom. The van der Waals surface area contributed by atoms with Crippen molar-refractivity contribution >= 4 is 12.1 Å². The van der Waals surface area contributed by atoms with Gasteiger partial charge in [0.2, 0.25) is 5.75 Å². The van der Waals surface area contributed by atoms with Gasteiger partial charge in [-0.2, -0.15) is 0 Å². The molecule has 0 spiro atoms. The second kappa shape index (κ2) is 11.5. The van der Waals surface area contributed by atoms with Gasteiger partial charge >= 0.3 is 12.1 Å². The topological polar surface area (TPSA) is 111 Å². The number of H-pyrrole nitrogens is 1. The summed E-state index contributed by atoms with van der Waals surface area (Å²) in [4.78, 5) is 47.6. The molecule has 1 aliphatic heterocycles. The van der Waals surface area contributed by atoms with Gasteiger partial charge in [0, 0.05) is 19.5 Å². The van der Waals surface area contributed by atoms with Crippen LogP contribution < -0.4 is 10.3 Å². The quantitative estimate of drug-likeness (QED) is 0.423. The number of nitrogens with zero attached hydrogens (tertiary/aromatic N) is 2. The maximum atomic E-state index is 13.1. The summed E-state index contributed by atoms with van der Waals surface area (Å²) < 4.78 is 16.8. The summed E-state index contributed by atoms with van der Waals surface area (Å²) in [5, 5.41) is 0. The second-order valence-corrected chi connectivity index (χ2v) is 11.9. The summed E-state index contributed by atoms with van der Waals surface area (Å²) in [6.45, 7) is 11.9. The van der Waals surface area contributed by atoms with Gasteiger partial charge in [0.15, 0.2) is 5.69 Å². The molecule has 0 saturated heterocycles. The summed E-state index contributed by atoms with van der Waals surface area (Å²) in [6.07, 6.45) is 0.655. The van der Waals surface area contributed by atoms with Crippen LogP contribution in [0.2, 0.25) is 0 Å². The first-order valence-electron chi connectivity index (χ1n) is 13.4. The van der Waals surface area contributed by atoms with E-state index in [1.807, 2.05) is 63.2 Å². The van der Waals surface area contributed by atoms with Crippen LogP contribution in [0, 0.1) is 0 Å². The molecule has 2 aromatic carbocycles. The van der Waals surface area contributed by atoms with Crippen molar-refractivity contribution in [1.29, 1.82) is 0 Å². The number of hydrogen-bond acceptors (Lipinski definition) is 7. The second-order valence-electron chi connectivity index (χ2n) is 11.9. The Hall–Kier alpha value is -4.14. The van der Waals surface area contributed by atoms with E-state index in [9.17, 15) is 14.4 Å². The molecule has 0 saturated carbocycles. The van der Waals surface area contributed by atoms with Gasteiger partial charge in [0.25, 0.3) is 5.56 Å². The summed E-state index contributed by atoms with van der Waals surface area (Å²) in [5.74, 6) is -0.575. The average Bonchev–Trinajstić information content (AvgIpc) is 2.86. The molecular formula is C31H37N3O6. The van der Waals surface area contributed by atoms with Gasteiger partial charge < -0.3 is 24.1 Å². The predicted molar refractivity (Wildman–Crippen MR) is 150 cm³/mol. The number of hydrogen-bond donors (Lipinski definition) is 1. The number of carbonyl (C=O) groups excluding carboxylic acids is 2. The minimum absolute atomic E-state index is 0.103. The molecule has 2 heterocycles. The largest absolute Gasteiger partial charge is 0.481 e. The van der Waals surface area contributed by atoms with Crippen LogP contribution >= 0.6 is 0 Å². The molecule has 0 radical (unpaired) electrons. The molecule has 212 valence electrons. The number of benzene rings is 2. The van der Waals surface area contributed by atoms with Gasteiger partial charge in [-0.15, -0.1) is 0 Å². The van der Waals surface area contributed by atoms with Gasteiger partial charge in [-0.1, -0.05) is 48.5 Å². The van der Waals surface area contributed by atoms with Crippen molar-refractivity contribution in [2.24, 2.45) is 0 Å². The van der Waals surface area contributed by atoms with Crippen molar-refractivity contribution in [3.63, 3.8) is 0 Å². The van der Waals surface area contributed by atoms with Gasteiger partial charge in [0.1, 0.15) is 23.6 Å². The summed E-state index contributed by atoms with van der Waals surface area (Å²) in [5.41, 5.74) is 1.90. The number of esters is 1. The fourth-order valence-electron chi connectivity index (χ4n) is 4.31. The first kappa shape index (κ1) is 28.9. The molecule has 9 nitrogen and oxygen atoms in total. The number of nitrogens with one attached hydrogen (secondary N) is 1. The van der Waals surface area contributed by atoms with E-state index in [2.05, 4.69) is 16.0 Å². The minimum atomic E-state index is -0.774. The Morgan fingerprint density at radius 1 is 0.925 bits per heavy atom. The third-order valence-corrected chi connectivity index (χ3v) is 6.05. The first-order chi connectivity index (χ1) is 18.8. The first-order valence-corrected chi connectivity index (χ1v) is 13.4. The Balaban J connectivity index is 1.55. The standard InChI is InChI=1S/C31H37N3O6/c1-30(2,3)39-28(36)25-26(38-19-20-10-8-7-9-11-20)27(35)33-24(32-25)17-21-12-13-23-18-34(15-14-22(23)16-21)29(37)40-31(4,5)6/h7-13,16H,14-15,17-19H2,1-6H3,(H,32,33,35). The van der Waals surface area contributed by atoms with Crippen LogP contribution in [0.25, 0.3) is 0 Å². The third kappa shape index (κ3) is 7.71. The van der Waals surface area contributed by atoms with Crippen molar-refractivity contribution in [3.05, 3.63) is 92.7 Å². The molecule has 1 aliphatic rings. The number of rotatable bonds is 6. The normalized spacial score (nSPS) is 13.4. The minimum Gasteiger partial charge on any atom is -0.481 e. The van der Waals surface area contributed by atoms with Crippen molar-refractivity contribution in [1.82, 2.24) is 14.9 Å². The number of aromatic amines is 1.